The van der Waals surface area contributed by atoms with E-state index in [1.54, 1.807) is 11.3 Å². The van der Waals surface area contributed by atoms with Gasteiger partial charge in [0.15, 0.2) is 0 Å². The molecule has 0 aromatic carbocycles. The van der Waals surface area contributed by atoms with Gasteiger partial charge < -0.3 is 15.5 Å². The van der Waals surface area contributed by atoms with E-state index in [1.807, 2.05) is 14.1 Å². The van der Waals surface area contributed by atoms with Crippen molar-refractivity contribution in [2.24, 2.45) is 5.92 Å². The molecule has 1 heterocycles. The fraction of sp³-hybridized carbons (Fsp3) is 0.625. The summed E-state index contributed by atoms with van der Waals surface area (Å²) >= 11 is 1.57. The fourth-order valence-electron chi connectivity index (χ4n) is 2.63. The van der Waals surface area contributed by atoms with Gasteiger partial charge in [0.05, 0.1) is 12.1 Å². The summed E-state index contributed by atoms with van der Waals surface area (Å²) in [6.45, 7) is 4.17. The van der Waals surface area contributed by atoms with Crippen molar-refractivity contribution in [2.75, 3.05) is 39.0 Å². The van der Waals surface area contributed by atoms with Gasteiger partial charge in [-0.25, -0.2) is 0 Å². The molecule has 1 atom stereocenters. The van der Waals surface area contributed by atoms with Gasteiger partial charge in [0, 0.05) is 18.0 Å². The summed E-state index contributed by atoms with van der Waals surface area (Å²) in [7, 11) is 4.00. The number of anilines is 1. The van der Waals surface area contributed by atoms with E-state index in [2.05, 4.69) is 28.5 Å². The number of amides is 1. The third-order valence-electron chi connectivity index (χ3n) is 3.90. The number of nitriles is 1. The minimum atomic E-state index is -0.0816. The summed E-state index contributed by atoms with van der Waals surface area (Å²) in [6.07, 6.45) is 3.09. The molecule has 2 N–H and O–H groups in total. The predicted molar refractivity (Wildman–Crippen MR) is 90.3 cm³/mol. The Morgan fingerprint density at radius 2 is 2.27 bits per heavy atom. The molecule has 0 bridgehead atoms. The lowest BCUT2D eigenvalue weighted by Crippen LogP contribution is -2.33. The number of nitrogens with zero attached hydrogens (tertiary/aromatic N) is 2. The second kappa shape index (κ2) is 7.73. The zero-order valence-electron chi connectivity index (χ0n) is 13.5. The van der Waals surface area contributed by atoms with E-state index in [0.29, 0.717) is 11.5 Å². The Balaban J connectivity index is 1.95. The van der Waals surface area contributed by atoms with E-state index >= 15 is 0 Å². The number of fused-ring (bicyclic) bond motifs is 1. The quantitative estimate of drug-likeness (QED) is 0.785. The number of rotatable bonds is 6. The Bertz CT molecular complexity index is 573. The van der Waals surface area contributed by atoms with Crippen molar-refractivity contribution in [3.8, 4) is 6.07 Å². The molecule has 0 radical (unpaired) electrons. The maximum Gasteiger partial charge on any atom is 0.238 e. The molecule has 1 amide bonds. The molecule has 1 aromatic rings. The van der Waals surface area contributed by atoms with Crippen LogP contribution in [0.3, 0.4) is 0 Å². The predicted octanol–water partition coefficient (Wildman–Crippen LogP) is 1.83. The normalized spacial score (nSPS) is 17.1. The molecule has 0 fully saturated rings. The molecule has 5 nitrogen and oxygen atoms in total. The SMILES string of the molecule is C[C@@H]1CCc2c(sc(NC(=O)CNCCN(C)C)c2C#N)C1. The molecule has 1 aliphatic carbocycles. The lowest BCUT2D eigenvalue weighted by atomic mass is 9.89. The summed E-state index contributed by atoms with van der Waals surface area (Å²) in [6, 6.07) is 2.27. The summed E-state index contributed by atoms with van der Waals surface area (Å²) in [5.41, 5.74) is 1.83. The second-order valence-electron chi connectivity index (χ2n) is 6.20. The third kappa shape index (κ3) is 4.29. The van der Waals surface area contributed by atoms with Crippen molar-refractivity contribution in [1.29, 1.82) is 5.26 Å². The van der Waals surface area contributed by atoms with Crippen LogP contribution in [0.4, 0.5) is 5.00 Å². The number of hydrogen-bond acceptors (Lipinski definition) is 5. The highest BCUT2D eigenvalue weighted by Crippen LogP contribution is 2.39. The number of likely N-dealkylation sites (N-methyl/N-ethyl adjacent to an activating group) is 1. The van der Waals surface area contributed by atoms with Gasteiger partial charge in [0.2, 0.25) is 5.91 Å². The summed E-state index contributed by atoms with van der Waals surface area (Å²) in [4.78, 5) is 15.3. The van der Waals surface area contributed by atoms with E-state index in [0.717, 1.165) is 42.9 Å². The molecule has 0 aliphatic heterocycles. The first-order valence-electron chi connectivity index (χ1n) is 7.71. The van der Waals surface area contributed by atoms with Gasteiger partial charge in [-0.15, -0.1) is 11.3 Å². The summed E-state index contributed by atoms with van der Waals surface area (Å²) < 4.78 is 0. The van der Waals surface area contributed by atoms with Crippen molar-refractivity contribution >= 4 is 22.2 Å². The van der Waals surface area contributed by atoms with E-state index in [-0.39, 0.29) is 12.5 Å². The van der Waals surface area contributed by atoms with Crippen molar-refractivity contribution in [3.63, 3.8) is 0 Å². The zero-order chi connectivity index (χ0) is 16.1. The first kappa shape index (κ1) is 16.9. The minimum absolute atomic E-state index is 0.0816. The van der Waals surface area contributed by atoms with E-state index < -0.39 is 0 Å². The Labute approximate surface area is 136 Å². The first-order valence-corrected chi connectivity index (χ1v) is 8.52. The Morgan fingerprint density at radius 3 is 2.95 bits per heavy atom. The number of carbonyl (C=O) groups is 1. The van der Waals surface area contributed by atoms with E-state index in [4.69, 9.17) is 0 Å². The van der Waals surface area contributed by atoms with Gasteiger partial charge >= 0.3 is 0 Å². The minimum Gasteiger partial charge on any atom is -0.315 e. The van der Waals surface area contributed by atoms with Gasteiger partial charge in [-0.1, -0.05) is 6.92 Å². The smallest absolute Gasteiger partial charge is 0.238 e. The number of hydrogen-bond donors (Lipinski definition) is 2. The van der Waals surface area contributed by atoms with Gasteiger partial charge in [0.1, 0.15) is 11.1 Å². The van der Waals surface area contributed by atoms with Crippen LogP contribution in [0.5, 0.6) is 0 Å². The van der Waals surface area contributed by atoms with Crippen LogP contribution in [-0.4, -0.2) is 44.5 Å². The van der Waals surface area contributed by atoms with Crippen LogP contribution in [0, 0.1) is 17.2 Å². The van der Waals surface area contributed by atoms with Gasteiger partial charge in [-0.3, -0.25) is 4.79 Å². The lowest BCUT2D eigenvalue weighted by molar-refractivity contribution is -0.115. The number of carbonyl (C=O) groups excluding carboxylic acids is 1. The average molecular weight is 320 g/mol. The Morgan fingerprint density at radius 1 is 1.50 bits per heavy atom. The molecular formula is C16H24N4OS. The average Bonchev–Trinajstić information content (AvgIpc) is 2.79. The van der Waals surface area contributed by atoms with Crippen molar-refractivity contribution in [2.45, 2.75) is 26.2 Å². The third-order valence-corrected chi connectivity index (χ3v) is 5.07. The molecule has 0 spiro atoms. The first-order chi connectivity index (χ1) is 10.5. The van der Waals surface area contributed by atoms with Crippen LogP contribution in [-0.2, 0) is 17.6 Å². The Kier molecular flexibility index (Phi) is 5.95. The van der Waals surface area contributed by atoms with Crippen molar-refractivity contribution in [3.05, 3.63) is 16.0 Å². The highest BCUT2D eigenvalue weighted by Gasteiger charge is 2.24. The van der Waals surface area contributed by atoms with E-state index in [1.165, 1.54) is 4.88 Å². The standard InChI is InChI=1S/C16H24N4OS/c1-11-4-5-12-13(9-17)16(22-14(12)8-11)19-15(21)10-18-6-7-20(2)3/h11,18H,4-8,10H2,1-3H3,(H,19,21)/t11-/m1/s1. The van der Waals surface area contributed by atoms with E-state index in [9.17, 15) is 10.1 Å². The van der Waals surface area contributed by atoms with Crippen molar-refractivity contribution < 1.29 is 4.79 Å². The van der Waals surface area contributed by atoms with Crippen LogP contribution >= 0.6 is 11.3 Å². The number of nitrogens with one attached hydrogen (secondary N) is 2. The molecule has 6 heteroatoms. The fourth-order valence-corrected chi connectivity index (χ4v) is 4.01. The molecule has 0 saturated heterocycles. The van der Waals surface area contributed by atoms with Crippen LogP contribution in [0.15, 0.2) is 0 Å². The van der Waals surface area contributed by atoms with Crippen LogP contribution in [0.1, 0.15) is 29.3 Å². The van der Waals surface area contributed by atoms with Crippen molar-refractivity contribution in [1.82, 2.24) is 10.2 Å². The summed E-state index contributed by atoms with van der Waals surface area (Å²) in [5.74, 6) is 0.579. The molecule has 0 unspecified atom stereocenters. The topological polar surface area (TPSA) is 68.2 Å². The molecule has 1 aromatic heterocycles. The number of thiophene rings is 1. The molecule has 1 aliphatic rings. The maximum atomic E-state index is 12.0. The van der Waals surface area contributed by atoms with Gasteiger partial charge in [-0.05, 0) is 44.8 Å². The lowest BCUT2D eigenvalue weighted by Gasteiger charge is -2.17. The van der Waals surface area contributed by atoms with Crippen LogP contribution in [0.25, 0.3) is 0 Å². The highest BCUT2D eigenvalue weighted by atomic mass is 32.1. The monoisotopic (exact) mass is 320 g/mol. The second-order valence-corrected chi connectivity index (χ2v) is 7.30. The maximum absolute atomic E-state index is 12.0. The molecule has 120 valence electrons. The molecular weight excluding hydrogens is 296 g/mol. The van der Waals surface area contributed by atoms with Gasteiger partial charge in [0.25, 0.3) is 0 Å². The van der Waals surface area contributed by atoms with Gasteiger partial charge in [-0.2, -0.15) is 5.26 Å². The Hall–Kier alpha value is -1.42. The largest absolute Gasteiger partial charge is 0.315 e. The molecule has 0 saturated carbocycles. The zero-order valence-corrected chi connectivity index (χ0v) is 14.3. The summed E-state index contributed by atoms with van der Waals surface area (Å²) in [5, 5.41) is 16.1. The van der Waals surface area contributed by atoms with Crippen LogP contribution < -0.4 is 10.6 Å². The van der Waals surface area contributed by atoms with Crippen LogP contribution in [0.2, 0.25) is 0 Å². The highest BCUT2D eigenvalue weighted by molar-refractivity contribution is 7.16. The molecule has 2 rings (SSSR count). The molecule has 22 heavy (non-hydrogen) atoms.